The van der Waals surface area contributed by atoms with E-state index in [9.17, 15) is 9.60 Å². The van der Waals surface area contributed by atoms with Crippen LogP contribution < -0.4 is 4.73 Å². The van der Waals surface area contributed by atoms with Crippen LogP contribution >= 0.6 is 11.6 Å². The molecule has 0 radical (unpaired) electrons. The van der Waals surface area contributed by atoms with E-state index < -0.39 is 5.82 Å². The molecule has 0 atom stereocenters. The van der Waals surface area contributed by atoms with Gasteiger partial charge in [0.2, 0.25) is 0 Å². The Kier molecular flexibility index (Phi) is 3.45. The smallest absolute Gasteiger partial charge is 0.266 e. The second kappa shape index (κ2) is 5.49. The summed E-state index contributed by atoms with van der Waals surface area (Å²) in [5, 5.41) is 17.0. The first-order valence-electron chi connectivity index (χ1n) is 7.71. The van der Waals surface area contributed by atoms with Crippen LogP contribution in [-0.4, -0.2) is 9.78 Å². The normalized spacial score (nSPS) is 15.6. The van der Waals surface area contributed by atoms with Gasteiger partial charge in [0.25, 0.3) is 5.52 Å². The minimum Gasteiger partial charge on any atom is -0.618 e. The number of aromatic nitrogens is 3. The molecular formula is C17H15ClFN3O. The van der Waals surface area contributed by atoms with Gasteiger partial charge in [-0.1, -0.05) is 24.4 Å². The van der Waals surface area contributed by atoms with Crippen molar-refractivity contribution in [2.75, 3.05) is 0 Å². The van der Waals surface area contributed by atoms with E-state index in [1.54, 1.807) is 16.8 Å². The fraction of sp³-hybridized carbons (Fsp3) is 0.294. The Bertz CT molecular complexity index is 887. The van der Waals surface area contributed by atoms with Gasteiger partial charge in [0.15, 0.2) is 6.20 Å². The molecule has 1 aliphatic rings. The van der Waals surface area contributed by atoms with Crippen LogP contribution in [0.25, 0.3) is 16.7 Å². The van der Waals surface area contributed by atoms with Crippen molar-refractivity contribution in [1.29, 1.82) is 0 Å². The monoisotopic (exact) mass is 331 g/mol. The molecule has 23 heavy (non-hydrogen) atoms. The van der Waals surface area contributed by atoms with Crippen molar-refractivity contribution in [2.45, 2.75) is 31.6 Å². The Morgan fingerprint density at radius 2 is 2.04 bits per heavy atom. The lowest BCUT2D eigenvalue weighted by molar-refractivity contribution is -0.577. The Morgan fingerprint density at radius 3 is 2.78 bits per heavy atom. The Morgan fingerprint density at radius 1 is 1.26 bits per heavy atom. The van der Waals surface area contributed by atoms with Gasteiger partial charge in [0.1, 0.15) is 17.0 Å². The fourth-order valence-corrected chi connectivity index (χ4v) is 3.51. The van der Waals surface area contributed by atoms with Crippen LogP contribution in [0.2, 0.25) is 5.02 Å². The summed E-state index contributed by atoms with van der Waals surface area (Å²) >= 11 is 5.76. The van der Waals surface area contributed by atoms with Gasteiger partial charge in [-0.05, 0) is 31.0 Å². The molecule has 1 saturated carbocycles. The van der Waals surface area contributed by atoms with Crippen molar-refractivity contribution >= 4 is 22.6 Å². The Labute approximate surface area is 137 Å². The molecule has 0 aliphatic heterocycles. The number of fused-ring (bicyclic) bond motifs is 1. The zero-order valence-corrected chi connectivity index (χ0v) is 13.1. The molecular weight excluding hydrogens is 317 g/mol. The summed E-state index contributed by atoms with van der Waals surface area (Å²) in [6, 6.07) is 8.07. The average molecular weight is 332 g/mol. The number of benzene rings is 1. The highest BCUT2D eigenvalue weighted by molar-refractivity contribution is 6.30. The molecule has 0 unspecified atom stereocenters. The molecule has 4 nitrogen and oxygen atoms in total. The van der Waals surface area contributed by atoms with E-state index in [4.69, 9.17) is 11.6 Å². The van der Waals surface area contributed by atoms with Crippen molar-refractivity contribution < 1.29 is 9.12 Å². The first-order chi connectivity index (χ1) is 11.1. The molecule has 0 bridgehead atoms. The summed E-state index contributed by atoms with van der Waals surface area (Å²) in [7, 11) is 0. The van der Waals surface area contributed by atoms with Crippen LogP contribution in [0.4, 0.5) is 4.39 Å². The second-order valence-corrected chi connectivity index (χ2v) is 6.35. The molecule has 3 aromatic rings. The molecule has 2 aromatic heterocycles. The summed E-state index contributed by atoms with van der Waals surface area (Å²) in [5.74, 6) is -0.209. The zero-order valence-electron chi connectivity index (χ0n) is 12.4. The number of pyridine rings is 1. The van der Waals surface area contributed by atoms with E-state index in [-0.39, 0.29) is 5.02 Å². The van der Waals surface area contributed by atoms with Crippen LogP contribution in [0.15, 0.2) is 36.5 Å². The van der Waals surface area contributed by atoms with Crippen molar-refractivity contribution in [3.05, 3.63) is 58.3 Å². The summed E-state index contributed by atoms with van der Waals surface area (Å²) in [5.41, 5.74) is 2.64. The van der Waals surface area contributed by atoms with Crippen LogP contribution in [-0.2, 0) is 0 Å². The molecule has 0 spiro atoms. The predicted octanol–water partition coefficient (Wildman–Crippen LogP) is 4.11. The number of rotatable bonds is 2. The summed E-state index contributed by atoms with van der Waals surface area (Å²) in [4.78, 5) is 0. The maximum absolute atomic E-state index is 13.8. The van der Waals surface area contributed by atoms with E-state index in [1.165, 1.54) is 18.3 Å². The third kappa shape index (κ3) is 2.36. The van der Waals surface area contributed by atoms with Gasteiger partial charge in [-0.15, -0.1) is 0 Å². The first-order valence-corrected chi connectivity index (χ1v) is 8.09. The van der Waals surface area contributed by atoms with Crippen molar-refractivity contribution in [3.8, 4) is 5.69 Å². The number of nitrogens with zero attached hydrogens (tertiary/aromatic N) is 3. The Hall–Kier alpha value is -2.14. The van der Waals surface area contributed by atoms with Crippen molar-refractivity contribution in [2.24, 2.45) is 0 Å². The summed E-state index contributed by atoms with van der Waals surface area (Å²) in [6.07, 6.45) is 5.86. The van der Waals surface area contributed by atoms with E-state index >= 15 is 0 Å². The van der Waals surface area contributed by atoms with E-state index in [0.29, 0.717) is 22.6 Å². The molecule has 1 fully saturated rings. The standard InChI is InChI=1S/C17H15ClFN3O/c18-13-8-7-12(10-14(13)19)22-15-6-3-9-21(23)17(15)16(20-22)11-4-1-2-5-11/h3,6-11H,1-2,4-5H2. The molecule has 6 heteroatoms. The topological polar surface area (TPSA) is 44.8 Å². The van der Waals surface area contributed by atoms with E-state index in [2.05, 4.69) is 5.10 Å². The van der Waals surface area contributed by atoms with Gasteiger partial charge in [-0.2, -0.15) is 9.83 Å². The SMILES string of the molecule is [O-][n+]1cccc2c1c(C1CCCC1)nn2-c1ccc(Cl)c(F)c1. The molecule has 2 heterocycles. The maximum Gasteiger partial charge on any atom is 0.266 e. The van der Waals surface area contributed by atoms with Gasteiger partial charge in [0.05, 0.1) is 10.7 Å². The second-order valence-electron chi connectivity index (χ2n) is 5.94. The van der Waals surface area contributed by atoms with Gasteiger partial charge in [-0.3, -0.25) is 0 Å². The van der Waals surface area contributed by atoms with Gasteiger partial charge >= 0.3 is 0 Å². The van der Waals surface area contributed by atoms with E-state index in [1.807, 2.05) is 6.07 Å². The lowest BCUT2D eigenvalue weighted by Gasteiger charge is -2.05. The summed E-state index contributed by atoms with van der Waals surface area (Å²) < 4.78 is 16.3. The lowest BCUT2D eigenvalue weighted by Crippen LogP contribution is -2.26. The molecule has 0 saturated heterocycles. The number of hydrogen-bond acceptors (Lipinski definition) is 2. The molecule has 1 aromatic carbocycles. The predicted molar refractivity (Wildman–Crippen MR) is 86.2 cm³/mol. The van der Waals surface area contributed by atoms with Gasteiger partial charge in [0, 0.05) is 18.1 Å². The molecule has 1 aliphatic carbocycles. The third-order valence-corrected chi connectivity index (χ3v) is 4.81. The fourth-order valence-electron chi connectivity index (χ4n) is 3.39. The highest BCUT2D eigenvalue weighted by Gasteiger charge is 2.28. The minimum absolute atomic E-state index is 0.0696. The number of hydrogen-bond donors (Lipinski definition) is 0. The van der Waals surface area contributed by atoms with Crippen LogP contribution in [0.5, 0.6) is 0 Å². The highest BCUT2D eigenvalue weighted by Crippen LogP contribution is 2.36. The highest BCUT2D eigenvalue weighted by atomic mass is 35.5. The van der Waals surface area contributed by atoms with Crippen LogP contribution in [0.1, 0.15) is 37.3 Å². The van der Waals surface area contributed by atoms with Gasteiger partial charge < -0.3 is 5.21 Å². The first kappa shape index (κ1) is 14.5. The van der Waals surface area contributed by atoms with Crippen molar-refractivity contribution in [1.82, 2.24) is 9.78 Å². The molecule has 0 N–H and O–H groups in total. The maximum atomic E-state index is 13.8. The third-order valence-electron chi connectivity index (χ3n) is 4.51. The molecule has 0 amide bonds. The number of halogens is 2. The lowest BCUT2D eigenvalue weighted by atomic mass is 10.0. The quantitative estimate of drug-likeness (QED) is 0.524. The summed E-state index contributed by atoms with van der Waals surface area (Å²) in [6.45, 7) is 0. The molecule has 4 rings (SSSR count). The van der Waals surface area contributed by atoms with E-state index in [0.717, 1.165) is 36.1 Å². The zero-order chi connectivity index (χ0) is 16.0. The van der Waals surface area contributed by atoms with Crippen LogP contribution in [0.3, 0.4) is 0 Å². The van der Waals surface area contributed by atoms with Crippen molar-refractivity contribution in [3.63, 3.8) is 0 Å². The molecule has 118 valence electrons. The Balaban J connectivity index is 1.96. The average Bonchev–Trinajstić information content (AvgIpc) is 3.17. The van der Waals surface area contributed by atoms with Gasteiger partial charge in [-0.25, -0.2) is 9.07 Å². The minimum atomic E-state index is -0.499. The largest absolute Gasteiger partial charge is 0.618 e. The van der Waals surface area contributed by atoms with Crippen LogP contribution in [0, 0.1) is 11.0 Å².